The van der Waals surface area contributed by atoms with Gasteiger partial charge in [-0.05, 0) is 36.8 Å². The molecule has 0 saturated carbocycles. The number of benzene rings is 3. The highest BCUT2D eigenvalue weighted by atomic mass is 16.5. The molecular weight excluding hydrogens is 490 g/mol. The predicted molar refractivity (Wildman–Crippen MR) is 152 cm³/mol. The maximum atomic E-state index is 12.7. The first-order valence-electron chi connectivity index (χ1n) is 13.3. The number of nitrogens with zero attached hydrogens (tertiary/aromatic N) is 3. The van der Waals surface area contributed by atoms with Crippen molar-refractivity contribution in [2.45, 2.75) is 32.9 Å². The van der Waals surface area contributed by atoms with Crippen LogP contribution in [0, 0.1) is 6.92 Å². The zero-order chi connectivity index (χ0) is 26.9. The Kier molecular flexibility index (Phi) is 6.67. The summed E-state index contributed by atoms with van der Waals surface area (Å²) in [4.78, 5) is 12.7. The van der Waals surface area contributed by atoms with Crippen LogP contribution in [0.1, 0.15) is 33.9 Å². The monoisotopic (exact) mass is 521 g/mol. The molecule has 0 radical (unpaired) electrons. The van der Waals surface area contributed by atoms with E-state index in [0.717, 1.165) is 55.5 Å². The number of aromatic nitrogens is 3. The van der Waals surface area contributed by atoms with E-state index in [-0.39, 0.29) is 0 Å². The van der Waals surface area contributed by atoms with Crippen LogP contribution in [-0.4, -0.2) is 38.6 Å². The quantitative estimate of drug-likeness (QED) is 0.210. The molecular formula is C32H31N3O4. The summed E-state index contributed by atoms with van der Waals surface area (Å²) in [5.74, 6) is -0.0811. The number of carbonyl (C=O) groups is 1. The summed E-state index contributed by atoms with van der Waals surface area (Å²) >= 11 is 0. The van der Waals surface area contributed by atoms with E-state index in [1.807, 2.05) is 71.8 Å². The minimum absolute atomic E-state index is 0.329. The average Bonchev–Trinajstić information content (AvgIpc) is 3.39. The molecule has 7 nitrogen and oxygen atoms in total. The minimum Gasteiger partial charge on any atom is -0.493 e. The fourth-order valence-corrected chi connectivity index (χ4v) is 5.81. The molecule has 0 saturated heterocycles. The molecule has 1 N–H and O–H groups in total. The van der Waals surface area contributed by atoms with Gasteiger partial charge in [0.05, 0.1) is 36.7 Å². The van der Waals surface area contributed by atoms with E-state index in [4.69, 9.17) is 9.47 Å². The molecule has 0 spiro atoms. The van der Waals surface area contributed by atoms with Crippen molar-refractivity contribution in [2.75, 3.05) is 13.2 Å². The summed E-state index contributed by atoms with van der Waals surface area (Å²) in [7, 11) is 1.92. The molecule has 0 amide bonds. The Hall–Kier alpha value is -4.36. The second kappa shape index (κ2) is 10.4. The van der Waals surface area contributed by atoms with E-state index in [2.05, 4.69) is 29.4 Å². The Morgan fingerprint density at radius 2 is 1.85 bits per heavy atom. The van der Waals surface area contributed by atoms with Crippen LogP contribution < -0.4 is 4.74 Å². The molecule has 0 fully saturated rings. The zero-order valence-corrected chi connectivity index (χ0v) is 22.2. The number of carboxylic acids is 1. The zero-order valence-electron chi connectivity index (χ0n) is 22.2. The minimum atomic E-state index is -0.926. The molecule has 2 aromatic heterocycles. The molecule has 0 unspecified atom stereocenters. The maximum absolute atomic E-state index is 12.7. The Bertz CT molecular complexity index is 1720. The molecule has 0 atom stereocenters. The second-order valence-corrected chi connectivity index (χ2v) is 9.89. The number of aromatic carboxylic acids is 1. The lowest BCUT2D eigenvalue weighted by atomic mass is 9.98. The Labute approximate surface area is 226 Å². The molecule has 5 aromatic rings. The largest absolute Gasteiger partial charge is 0.493 e. The van der Waals surface area contributed by atoms with Gasteiger partial charge >= 0.3 is 5.97 Å². The van der Waals surface area contributed by atoms with Crippen LogP contribution in [0.3, 0.4) is 0 Å². The van der Waals surface area contributed by atoms with Crippen molar-refractivity contribution in [3.05, 3.63) is 95.5 Å². The van der Waals surface area contributed by atoms with Crippen LogP contribution in [-0.2, 0) is 31.4 Å². The van der Waals surface area contributed by atoms with Crippen molar-refractivity contribution in [3.8, 4) is 16.9 Å². The molecule has 39 heavy (non-hydrogen) atoms. The highest BCUT2D eigenvalue weighted by molar-refractivity contribution is 6.04. The molecule has 6 rings (SSSR count). The normalized spacial score (nSPS) is 14.2. The standard InChI is InChI=1S/C32H31N3O4/c1-21-29-26-14-8-13-24-25(15-9-19-39-28-16-7-11-22-10-3-4-12-23(22)28)31(32(36)37)35(30(24)26)17-5-6-18-38-20-27(29)34(2)33-21/h3-8,10-14,16H,9,15,17-20H2,1-2H3,(H,36,37)/b6-5-. The topological polar surface area (TPSA) is 78.5 Å². The molecule has 198 valence electrons. The summed E-state index contributed by atoms with van der Waals surface area (Å²) < 4.78 is 15.9. The lowest BCUT2D eigenvalue weighted by molar-refractivity contribution is 0.0685. The van der Waals surface area contributed by atoms with Gasteiger partial charge in [-0.2, -0.15) is 5.10 Å². The van der Waals surface area contributed by atoms with Gasteiger partial charge in [-0.15, -0.1) is 0 Å². The van der Waals surface area contributed by atoms with E-state index in [1.165, 1.54) is 0 Å². The third-order valence-electron chi connectivity index (χ3n) is 7.49. The van der Waals surface area contributed by atoms with Crippen LogP contribution >= 0.6 is 0 Å². The number of hydrogen-bond donors (Lipinski definition) is 1. The van der Waals surface area contributed by atoms with Crippen LogP contribution in [0.2, 0.25) is 0 Å². The number of hydrogen-bond acceptors (Lipinski definition) is 4. The number of ether oxygens (including phenoxy) is 2. The van der Waals surface area contributed by atoms with E-state index >= 15 is 0 Å². The summed E-state index contributed by atoms with van der Waals surface area (Å²) in [6.45, 7) is 3.80. The van der Waals surface area contributed by atoms with Gasteiger partial charge in [0.15, 0.2) is 0 Å². The van der Waals surface area contributed by atoms with Crippen molar-refractivity contribution < 1.29 is 19.4 Å². The summed E-state index contributed by atoms with van der Waals surface area (Å²) in [6.07, 6.45) is 5.21. The first-order valence-corrected chi connectivity index (χ1v) is 13.3. The number of carboxylic acid groups (broad SMARTS) is 1. The van der Waals surface area contributed by atoms with E-state index in [9.17, 15) is 9.90 Å². The van der Waals surface area contributed by atoms with Gasteiger partial charge in [0.25, 0.3) is 0 Å². The summed E-state index contributed by atoms with van der Waals surface area (Å²) in [6, 6.07) is 20.3. The van der Waals surface area contributed by atoms with E-state index in [0.29, 0.717) is 44.9 Å². The van der Waals surface area contributed by atoms with Gasteiger partial charge < -0.3 is 19.1 Å². The lowest BCUT2D eigenvalue weighted by Crippen LogP contribution is -2.11. The van der Waals surface area contributed by atoms with Gasteiger partial charge in [-0.3, -0.25) is 4.68 Å². The van der Waals surface area contributed by atoms with Crippen LogP contribution in [0.4, 0.5) is 0 Å². The fourth-order valence-electron chi connectivity index (χ4n) is 5.81. The summed E-state index contributed by atoms with van der Waals surface area (Å²) in [5.41, 5.74) is 5.94. The molecule has 3 aromatic carbocycles. The van der Waals surface area contributed by atoms with E-state index in [1.54, 1.807) is 0 Å². The third kappa shape index (κ3) is 4.49. The van der Waals surface area contributed by atoms with Gasteiger partial charge in [0, 0.05) is 35.5 Å². The van der Waals surface area contributed by atoms with Crippen LogP contribution in [0.25, 0.3) is 32.8 Å². The van der Waals surface area contributed by atoms with Crippen molar-refractivity contribution >= 4 is 27.6 Å². The molecule has 0 aliphatic carbocycles. The Morgan fingerprint density at radius 1 is 1.05 bits per heavy atom. The van der Waals surface area contributed by atoms with Crippen molar-refractivity contribution in [2.24, 2.45) is 7.05 Å². The summed E-state index contributed by atoms with van der Waals surface area (Å²) in [5, 5.41) is 18.3. The van der Waals surface area contributed by atoms with Crippen molar-refractivity contribution in [1.82, 2.24) is 14.3 Å². The fraction of sp³-hybridized carbons (Fsp3) is 0.250. The van der Waals surface area contributed by atoms with E-state index < -0.39 is 5.97 Å². The molecule has 0 bridgehead atoms. The number of para-hydroxylation sites is 1. The molecule has 1 aliphatic heterocycles. The highest BCUT2D eigenvalue weighted by Gasteiger charge is 2.26. The number of rotatable bonds is 6. The van der Waals surface area contributed by atoms with Gasteiger partial charge in [0.2, 0.25) is 0 Å². The first kappa shape index (κ1) is 24.9. The molecule has 7 heteroatoms. The Balaban J connectivity index is 1.40. The number of allylic oxidation sites excluding steroid dienone is 1. The first-order chi connectivity index (χ1) is 19.0. The van der Waals surface area contributed by atoms with Crippen molar-refractivity contribution in [1.29, 1.82) is 0 Å². The molecule has 1 aliphatic rings. The number of aryl methyl sites for hydroxylation is 3. The van der Waals surface area contributed by atoms with Crippen molar-refractivity contribution in [3.63, 3.8) is 0 Å². The predicted octanol–water partition coefficient (Wildman–Crippen LogP) is 6.30. The Morgan fingerprint density at radius 3 is 2.72 bits per heavy atom. The SMILES string of the molecule is Cc1nn(C)c2c1-c1cccc3c(CCCOc4cccc5ccccc45)c(C(=O)O)n(c13)C/C=C\COC2. The smallest absolute Gasteiger partial charge is 0.352 e. The van der Waals surface area contributed by atoms with Gasteiger partial charge in [-0.1, -0.05) is 66.7 Å². The molecule has 3 heterocycles. The average molecular weight is 522 g/mol. The maximum Gasteiger partial charge on any atom is 0.352 e. The highest BCUT2D eigenvalue weighted by Crippen LogP contribution is 2.38. The van der Waals surface area contributed by atoms with Gasteiger partial charge in [-0.25, -0.2) is 4.79 Å². The third-order valence-corrected chi connectivity index (χ3v) is 7.49. The van der Waals surface area contributed by atoms with Gasteiger partial charge in [0.1, 0.15) is 11.4 Å². The lowest BCUT2D eigenvalue weighted by Gasteiger charge is -2.11. The van der Waals surface area contributed by atoms with Crippen LogP contribution in [0.15, 0.2) is 72.8 Å². The second-order valence-electron chi connectivity index (χ2n) is 9.89. The van der Waals surface area contributed by atoms with Crippen LogP contribution in [0.5, 0.6) is 5.75 Å². The number of fused-ring (bicyclic) bond motifs is 3.